The van der Waals surface area contributed by atoms with Crippen LogP contribution >= 0.6 is 0 Å². The molecule has 11 heteroatoms. The Balaban J connectivity index is 1.58. The molecule has 0 bridgehead atoms. The third-order valence-electron chi connectivity index (χ3n) is 6.92. The van der Waals surface area contributed by atoms with Gasteiger partial charge in [-0.05, 0) is 48.5 Å². The molecule has 0 aromatic heterocycles. The molecule has 46 heavy (non-hydrogen) atoms. The molecule has 1 aliphatic heterocycles. The summed E-state index contributed by atoms with van der Waals surface area (Å²) in [5.74, 6) is -4.66. The topological polar surface area (TPSA) is 141 Å². The smallest absolute Gasteiger partial charge is 0.340 e. The number of ether oxygens (including phenoxy) is 6. The third-order valence-corrected chi connectivity index (χ3v) is 6.92. The van der Waals surface area contributed by atoms with Crippen molar-refractivity contribution in [2.45, 2.75) is 30.7 Å². The number of hydrogen-bond donors (Lipinski definition) is 0. The minimum Gasteiger partial charge on any atom is -0.467 e. The summed E-state index contributed by atoms with van der Waals surface area (Å²) in [4.78, 5) is 66.4. The summed E-state index contributed by atoms with van der Waals surface area (Å²) in [6.45, 7) is 0. The van der Waals surface area contributed by atoms with Gasteiger partial charge in [-0.25, -0.2) is 24.0 Å². The van der Waals surface area contributed by atoms with E-state index in [4.69, 9.17) is 28.4 Å². The predicted octanol–water partition coefficient (Wildman–Crippen LogP) is 4.42. The first-order chi connectivity index (χ1) is 22.4. The highest BCUT2D eigenvalue weighted by atomic mass is 16.7. The lowest BCUT2D eigenvalue weighted by Crippen LogP contribution is -2.64. The van der Waals surface area contributed by atoms with E-state index < -0.39 is 60.6 Å². The maximum atomic E-state index is 13.4. The SMILES string of the molecule is COC(=O)C1O[C@@H](OC(=O)c2ccccc2)C(OC(=O)c2ccccc2)C(OC(=O)c2ccccc2)[C@@H]1OC(=O)c1ccccc1. The molecule has 0 spiro atoms. The van der Waals surface area contributed by atoms with Crippen LogP contribution in [0.25, 0.3) is 0 Å². The maximum Gasteiger partial charge on any atom is 0.340 e. The van der Waals surface area contributed by atoms with Crippen molar-refractivity contribution >= 4 is 29.8 Å². The summed E-state index contributed by atoms with van der Waals surface area (Å²) >= 11 is 0. The highest BCUT2D eigenvalue weighted by Crippen LogP contribution is 2.32. The number of hydrogen-bond acceptors (Lipinski definition) is 11. The fourth-order valence-electron chi connectivity index (χ4n) is 4.65. The normalized spacial score (nSPS) is 20.4. The molecule has 0 amide bonds. The lowest BCUT2D eigenvalue weighted by molar-refractivity contribution is -0.277. The van der Waals surface area contributed by atoms with E-state index in [-0.39, 0.29) is 22.3 Å². The highest BCUT2D eigenvalue weighted by molar-refractivity contribution is 5.92. The first-order valence-corrected chi connectivity index (χ1v) is 14.1. The molecule has 5 atom stereocenters. The molecule has 1 aliphatic rings. The Kier molecular flexibility index (Phi) is 10.2. The van der Waals surface area contributed by atoms with Gasteiger partial charge in [-0.3, -0.25) is 0 Å². The van der Waals surface area contributed by atoms with Gasteiger partial charge in [0.1, 0.15) is 0 Å². The van der Waals surface area contributed by atoms with Gasteiger partial charge in [-0.2, -0.15) is 0 Å². The van der Waals surface area contributed by atoms with Crippen LogP contribution in [0, 0.1) is 0 Å². The fraction of sp³-hybridized carbons (Fsp3) is 0.171. The van der Waals surface area contributed by atoms with Crippen LogP contribution < -0.4 is 0 Å². The van der Waals surface area contributed by atoms with Crippen LogP contribution in [0.5, 0.6) is 0 Å². The summed E-state index contributed by atoms with van der Waals surface area (Å²) < 4.78 is 33.8. The fourth-order valence-corrected chi connectivity index (χ4v) is 4.65. The van der Waals surface area contributed by atoms with Gasteiger partial charge in [0.15, 0.2) is 18.3 Å². The molecule has 4 aromatic carbocycles. The number of esters is 5. The molecule has 0 aliphatic carbocycles. The summed E-state index contributed by atoms with van der Waals surface area (Å²) in [6, 6.07) is 31.4. The maximum absolute atomic E-state index is 13.4. The quantitative estimate of drug-likeness (QED) is 0.193. The van der Waals surface area contributed by atoms with Crippen molar-refractivity contribution in [2.24, 2.45) is 0 Å². The standard InChI is InChI=1S/C35H28O11/c1-41-34(40)28-26(42-30(36)22-14-6-2-7-15-22)27(43-31(37)23-16-8-3-9-17-23)29(44-32(38)24-18-10-4-11-19-24)35(45-28)46-33(39)25-20-12-5-13-21-25/h2-21,26-29,35H,1H3/t26-,27?,28?,29?,35-/m0/s1. The van der Waals surface area contributed by atoms with Gasteiger partial charge in [0.25, 0.3) is 0 Å². The Bertz CT molecular complexity index is 1660. The summed E-state index contributed by atoms with van der Waals surface area (Å²) in [6.07, 6.45) is -8.81. The number of carbonyl (C=O) groups excluding carboxylic acids is 5. The van der Waals surface area contributed by atoms with Crippen LogP contribution in [0.3, 0.4) is 0 Å². The molecule has 0 saturated carbocycles. The van der Waals surface area contributed by atoms with Crippen LogP contribution in [0.15, 0.2) is 121 Å². The van der Waals surface area contributed by atoms with Crippen molar-refractivity contribution < 1.29 is 52.4 Å². The molecular formula is C35H28O11. The first-order valence-electron chi connectivity index (χ1n) is 14.1. The second-order valence-electron chi connectivity index (χ2n) is 9.93. The predicted molar refractivity (Wildman–Crippen MR) is 159 cm³/mol. The molecule has 3 unspecified atom stereocenters. The minimum atomic E-state index is -1.83. The van der Waals surface area contributed by atoms with Crippen molar-refractivity contribution in [2.75, 3.05) is 7.11 Å². The Morgan fingerprint density at radius 3 is 1.15 bits per heavy atom. The van der Waals surface area contributed by atoms with Gasteiger partial charge in [0.05, 0.1) is 29.4 Å². The number of benzene rings is 4. The molecular weight excluding hydrogens is 596 g/mol. The molecule has 1 heterocycles. The Labute approximate surface area is 263 Å². The van der Waals surface area contributed by atoms with Crippen molar-refractivity contribution in [3.05, 3.63) is 144 Å². The van der Waals surface area contributed by atoms with E-state index in [1.165, 1.54) is 48.5 Å². The second-order valence-corrected chi connectivity index (χ2v) is 9.93. The molecule has 1 fully saturated rings. The van der Waals surface area contributed by atoms with E-state index in [0.717, 1.165) is 7.11 Å². The van der Waals surface area contributed by atoms with Crippen molar-refractivity contribution in [1.82, 2.24) is 0 Å². The largest absolute Gasteiger partial charge is 0.467 e. The van der Waals surface area contributed by atoms with Crippen LogP contribution in [-0.4, -0.2) is 67.7 Å². The third kappa shape index (κ3) is 7.45. The monoisotopic (exact) mass is 624 g/mol. The van der Waals surface area contributed by atoms with Crippen molar-refractivity contribution in [3.8, 4) is 0 Å². The Morgan fingerprint density at radius 2 is 0.783 bits per heavy atom. The summed E-state index contributed by atoms with van der Waals surface area (Å²) in [7, 11) is 1.07. The summed E-state index contributed by atoms with van der Waals surface area (Å²) in [5.41, 5.74) is 0.429. The molecule has 5 rings (SSSR count). The van der Waals surface area contributed by atoms with E-state index in [1.54, 1.807) is 72.8 Å². The number of carbonyl (C=O) groups is 5. The van der Waals surface area contributed by atoms with Gasteiger partial charge >= 0.3 is 29.8 Å². The zero-order chi connectivity index (χ0) is 32.5. The van der Waals surface area contributed by atoms with Gasteiger partial charge in [-0.15, -0.1) is 0 Å². The van der Waals surface area contributed by atoms with Crippen LogP contribution in [0.2, 0.25) is 0 Å². The van der Waals surface area contributed by atoms with E-state index in [9.17, 15) is 24.0 Å². The highest BCUT2D eigenvalue weighted by Gasteiger charge is 2.57. The van der Waals surface area contributed by atoms with Crippen LogP contribution in [0.1, 0.15) is 41.4 Å². The van der Waals surface area contributed by atoms with E-state index in [0.29, 0.717) is 0 Å². The minimum absolute atomic E-state index is 0.0997. The molecule has 0 radical (unpaired) electrons. The van der Waals surface area contributed by atoms with E-state index >= 15 is 0 Å². The van der Waals surface area contributed by atoms with Gasteiger partial charge < -0.3 is 28.4 Å². The van der Waals surface area contributed by atoms with Crippen molar-refractivity contribution in [1.29, 1.82) is 0 Å². The number of rotatable bonds is 9. The molecule has 11 nitrogen and oxygen atoms in total. The lowest BCUT2D eigenvalue weighted by atomic mass is 9.97. The molecule has 4 aromatic rings. The van der Waals surface area contributed by atoms with Gasteiger partial charge in [0.2, 0.25) is 12.4 Å². The second kappa shape index (κ2) is 14.8. The Hall–Kier alpha value is -5.81. The lowest BCUT2D eigenvalue weighted by Gasteiger charge is -2.43. The van der Waals surface area contributed by atoms with E-state index in [1.807, 2.05) is 0 Å². The van der Waals surface area contributed by atoms with Crippen molar-refractivity contribution in [3.63, 3.8) is 0 Å². The zero-order valence-corrected chi connectivity index (χ0v) is 24.4. The molecule has 234 valence electrons. The zero-order valence-electron chi connectivity index (χ0n) is 24.4. The molecule has 0 N–H and O–H groups in total. The number of methoxy groups -OCH3 is 1. The van der Waals surface area contributed by atoms with Gasteiger partial charge in [-0.1, -0.05) is 72.8 Å². The van der Waals surface area contributed by atoms with E-state index in [2.05, 4.69) is 0 Å². The van der Waals surface area contributed by atoms with Crippen LogP contribution in [-0.2, 0) is 33.2 Å². The Morgan fingerprint density at radius 1 is 0.457 bits per heavy atom. The van der Waals surface area contributed by atoms with Gasteiger partial charge in [0, 0.05) is 0 Å². The molecule has 1 saturated heterocycles. The average Bonchev–Trinajstić information content (AvgIpc) is 3.11. The average molecular weight is 625 g/mol. The summed E-state index contributed by atoms with van der Waals surface area (Å²) in [5, 5.41) is 0. The first kappa shape index (κ1) is 31.6. The van der Waals surface area contributed by atoms with Crippen LogP contribution in [0.4, 0.5) is 0 Å².